The Kier molecular flexibility index (Phi) is 5.28. The van der Waals surface area contributed by atoms with Gasteiger partial charge in [-0.1, -0.05) is 145 Å². The highest BCUT2D eigenvalue weighted by molar-refractivity contribution is 6.19. The van der Waals surface area contributed by atoms with E-state index in [1.165, 1.54) is 0 Å². The van der Waals surface area contributed by atoms with Gasteiger partial charge in [-0.2, -0.15) is 0 Å². The molecule has 9 aromatic carbocycles. The van der Waals surface area contributed by atoms with Crippen molar-refractivity contribution < 1.29 is 16.8 Å². The normalized spacial score (nSPS) is 13.9. The molecule has 0 fully saturated rings. The maximum atomic E-state index is 9.62. The molecule has 0 unspecified atom stereocenters. The van der Waals surface area contributed by atoms with Crippen LogP contribution >= 0.6 is 0 Å². The van der Waals surface area contributed by atoms with Gasteiger partial charge in [0, 0.05) is 27.7 Å². The molecule has 0 radical (unpaired) electrons. The van der Waals surface area contributed by atoms with Crippen LogP contribution in [0.2, 0.25) is 0 Å². The molecule has 0 N–H and O–H groups in total. The van der Waals surface area contributed by atoms with Gasteiger partial charge >= 0.3 is 0 Å². The lowest BCUT2D eigenvalue weighted by atomic mass is 9.97. The van der Waals surface area contributed by atoms with Gasteiger partial charge in [-0.25, -0.2) is 0 Å². The average molecular weight is 673 g/mol. The van der Waals surface area contributed by atoms with Crippen LogP contribution in [0.1, 0.15) is 12.3 Å². The summed E-state index contributed by atoms with van der Waals surface area (Å²) in [4.78, 5) is 1.71. The van der Waals surface area contributed by atoms with Crippen molar-refractivity contribution in [1.29, 1.82) is 0 Å². The number of anilines is 3. The molecule has 2 nitrogen and oxygen atoms in total. The monoisotopic (exact) mass is 672 g/mol. The summed E-state index contributed by atoms with van der Waals surface area (Å²) >= 11 is 0. The third-order valence-electron chi connectivity index (χ3n) is 9.60. The number of furan rings is 1. The van der Waals surface area contributed by atoms with Gasteiger partial charge in [-0.05, 0) is 104 Å². The number of hydrogen-bond donors (Lipinski definition) is 0. The van der Waals surface area contributed by atoms with Gasteiger partial charge < -0.3 is 9.32 Å². The van der Waals surface area contributed by atoms with E-state index < -0.39 is 18.1 Å². The molecule has 2 heteroatoms. The Morgan fingerprint density at radius 3 is 1.94 bits per heavy atom. The largest absolute Gasteiger partial charge is 0.456 e. The molecule has 0 aliphatic heterocycles. The summed E-state index contributed by atoms with van der Waals surface area (Å²) < 4.78 is 86.0. The van der Waals surface area contributed by atoms with E-state index in [9.17, 15) is 5.48 Å². The number of nitrogens with zero attached hydrogens (tertiary/aromatic N) is 1. The van der Waals surface area contributed by atoms with Crippen molar-refractivity contribution in [2.45, 2.75) is 0 Å². The maximum Gasteiger partial charge on any atom is 0.136 e. The lowest BCUT2D eigenvalue weighted by Gasteiger charge is -2.28. The van der Waals surface area contributed by atoms with E-state index in [2.05, 4.69) is 6.07 Å². The van der Waals surface area contributed by atoms with Crippen molar-refractivity contribution >= 4 is 60.5 Å². The van der Waals surface area contributed by atoms with Crippen molar-refractivity contribution in [3.05, 3.63) is 200 Å². The van der Waals surface area contributed by atoms with Crippen LogP contribution in [0.5, 0.6) is 0 Å². The maximum absolute atomic E-state index is 9.62. The summed E-state index contributed by atoms with van der Waals surface area (Å²) in [6, 6.07) is 42.8. The molecule has 0 saturated heterocycles. The van der Waals surface area contributed by atoms with Crippen LogP contribution in [0.15, 0.2) is 204 Å². The van der Waals surface area contributed by atoms with E-state index in [-0.39, 0.29) is 53.1 Å². The molecule has 1 aromatic heterocycles. The van der Waals surface area contributed by atoms with Crippen LogP contribution in [0.25, 0.3) is 76.9 Å². The highest BCUT2D eigenvalue weighted by atomic mass is 16.3. The molecular formula is C50H33NO. The van der Waals surface area contributed by atoms with Crippen LogP contribution < -0.4 is 4.90 Å². The SMILES string of the molecule is [2H]c1c([2H])c([2H])c(-c2ccc(N(c3ccccc3-c3ccc4ccccc4c3)c3c([2H])c([2H])c(-c4ccc5c(ccc6oc7ccccc7c65)c4)c([2H])c3[2H])cc2)c([2H])c1[2H]. The Labute approximate surface area is 315 Å². The first-order valence-electron chi connectivity index (χ1n) is 21.5. The Hall–Kier alpha value is -6.90. The first kappa shape index (κ1) is 22.0. The number of benzene rings is 9. The lowest BCUT2D eigenvalue weighted by Crippen LogP contribution is -2.11. The zero-order valence-corrected chi connectivity index (χ0v) is 27.7. The van der Waals surface area contributed by atoms with Crippen LogP contribution in [-0.4, -0.2) is 0 Å². The van der Waals surface area contributed by atoms with Gasteiger partial charge in [0.2, 0.25) is 0 Å². The zero-order chi connectivity index (χ0) is 42.3. The van der Waals surface area contributed by atoms with Gasteiger partial charge in [0.1, 0.15) is 11.2 Å². The predicted octanol–water partition coefficient (Wildman–Crippen LogP) is 14.4. The van der Waals surface area contributed by atoms with Crippen LogP contribution in [0.4, 0.5) is 17.1 Å². The van der Waals surface area contributed by atoms with E-state index in [0.29, 0.717) is 22.5 Å². The molecule has 0 aliphatic rings. The van der Waals surface area contributed by atoms with E-state index in [0.717, 1.165) is 54.6 Å². The molecule has 0 bridgehead atoms. The third kappa shape index (κ3) is 5.21. The highest BCUT2D eigenvalue weighted by Crippen LogP contribution is 2.43. The summed E-state index contributed by atoms with van der Waals surface area (Å²) in [5, 5.41) is 5.84. The summed E-state index contributed by atoms with van der Waals surface area (Å²) in [6.07, 6.45) is 0. The number of para-hydroxylation sites is 2. The summed E-state index contributed by atoms with van der Waals surface area (Å²) in [6.45, 7) is 0. The van der Waals surface area contributed by atoms with Crippen molar-refractivity contribution in [2.24, 2.45) is 0 Å². The van der Waals surface area contributed by atoms with Crippen molar-refractivity contribution in [3.63, 3.8) is 0 Å². The van der Waals surface area contributed by atoms with Crippen molar-refractivity contribution in [3.8, 4) is 33.4 Å². The van der Waals surface area contributed by atoms with Gasteiger partial charge in [0.05, 0.1) is 18.0 Å². The Morgan fingerprint density at radius 1 is 0.404 bits per heavy atom. The molecule has 0 aliphatic carbocycles. The fourth-order valence-corrected chi connectivity index (χ4v) is 7.10. The Balaban J connectivity index is 1.17. The second kappa shape index (κ2) is 12.5. The molecule has 10 aromatic rings. The van der Waals surface area contributed by atoms with Crippen molar-refractivity contribution in [1.82, 2.24) is 0 Å². The topological polar surface area (TPSA) is 16.4 Å². The van der Waals surface area contributed by atoms with Gasteiger partial charge in [-0.15, -0.1) is 0 Å². The number of hydrogen-bond acceptors (Lipinski definition) is 2. The van der Waals surface area contributed by atoms with Crippen LogP contribution in [0, 0.1) is 0 Å². The smallest absolute Gasteiger partial charge is 0.136 e. The molecule has 0 amide bonds. The van der Waals surface area contributed by atoms with E-state index >= 15 is 0 Å². The minimum atomic E-state index is -0.480. The second-order valence-corrected chi connectivity index (χ2v) is 12.7. The van der Waals surface area contributed by atoms with E-state index in [1.54, 1.807) is 29.2 Å². The minimum absolute atomic E-state index is 0.0231. The van der Waals surface area contributed by atoms with Gasteiger partial charge in [0.15, 0.2) is 0 Å². The molecule has 1 heterocycles. The summed E-state index contributed by atoms with van der Waals surface area (Å²) in [5.41, 5.74) is 5.39. The Morgan fingerprint density at radius 2 is 1.08 bits per heavy atom. The fourth-order valence-electron chi connectivity index (χ4n) is 7.10. The Bertz CT molecular complexity index is 3380. The fraction of sp³-hybridized carbons (Fsp3) is 0. The summed E-state index contributed by atoms with van der Waals surface area (Å²) in [7, 11) is 0. The molecule has 244 valence electrons. The minimum Gasteiger partial charge on any atom is -0.456 e. The molecule has 0 saturated carbocycles. The third-order valence-corrected chi connectivity index (χ3v) is 9.60. The molecule has 0 spiro atoms. The molecule has 0 atom stereocenters. The first-order chi connectivity index (χ1) is 29.5. The van der Waals surface area contributed by atoms with Crippen LogP contribution in [-0.2, 0) is 0 Å². The summed E-state index contributed by atoms with van der Waals surface area (Å²) in [5.74, 6) is 0. The average Bonchev–Trinajstić information content (AvgIpc) is 3.68. The molecule has 52 heavy (non-hydrogen) atoms. The zero-order valence-electron chi connectivity index (χ0n) is 36.7. The van der Waals surface area contributed by atoms with E-state index in [4.69, 9.17) is 11.3 Å². The molecular weight excluding hydrogens is 631 g/mol. The van der Waals surface area contributed by atoms with Crippen molar-refractivity contribution in [2.75, 3.05) is 4.90 Å². The highest BCUT2D eigenvalue weighted by Gasteiger charge is 2.18. The standard InChI is InChI=1S/C50H33NO/c1-2-10-34(11-3-1)36-20-26-42(27-21-36)51(47-16-8-6-14-44(47)40-19-18-35-12-4-5-13-38(35)32-40)43-28-22-37(23-29-43)39-24-30-45-41(33-39)25-31-49-50(45)46-15-7-9-17-48(46)52-49/h1-33H/i1D,2D,3D,10D,11D,22D,23D,28D,29D. The number of fused-ring (bicyclic) bond motifs is 6. The first-order valence-corrected chi connectivity index (χ1v) is 17.0. The van der Waals surface area contributed by atoms with Gasteiger partial charge in [-0.3, -0.25) is 0 Å². The number of rotatable bonds is 6. The second-order valence-electron chi connectivity index (χ2n) is 12.7. The van der Waals surface area contributed by atoms with Gasteiger partial charge in [0.25, 0.3) is 0 Å². The predicted molar refractivity (Wildman–Crippen MR) is 220 cm³/mol. The van der Waals surface area contributed by atoms with E-state index in [1.807, 2.05) is 115 Å². The lowest BCUT2D eigenvalue weighted by molar-refractivity contribution is 0.669. The quantitative estimate of drug-likeness (QED) is 0.175. The molecule has 10 rings (SSSR count). The van der Waals surface area contributed by atoms with Crippen LogP contribution in [0.3, 0.4) is 0 Å².